The molecule has 2 bridgehead atoms. The van der Waals surface area contributed by atoms with Crippen LogP contribution < -0.4 is 72.5 Å². The normalized spacial score (nSPS) is 21.3. The molecule has 1 aromatic heterocycles. The lowest BCUT2D eigenvalue weighted by Gasteiger charge is -2.27. The number of guanidine groups is 2. The van der Waals surface area contributed by atoms with Crippen molar-refractivity contribution in [1.29, 1.82) is 0 Å². The van der Waals surface area contributed by atoms with E-state index in [1.807, 2.05) is 0 Å². The van der Waals surface area contributed by atoms with E-state index in [9.17, 15) is 38.4 Å². The number of aliphatic imine (C=N–C) groups is 2. The van der Waals surface area contributed by atoms with E-state index >= 15 is 0 Å². The molecule has 21 N–H and O–H groups in total. The fourth-order valence-corrected chi connectivity index (χ4v) is 7.01. The number of fused-ring (bicyclic) bond motifs is 2. The summed E-state index contributed by atoms with van der Waals surface area (Å²) in [5.41, 5.74) is 47.2. The largest absolute Gasteiger partial charge is 0.370 e. The average Bonchev–Trinajstić information content (AvgIpc) is 3.72. The molecule has 0 radical (unpaired) electrons. The Balaban J connectivity index is 1.76. The third-order valence-electron chi connectivity index (χ3n) is 10.6. The summed E-state index contributed by atoms with van der Waals surface area (Å²) in [6.07, 6.45) is 0.881. The molecule has 1 aliphatic rings. The van der Waals surface area contributed by atoms with Crippen molar-refractivity contribution in [2.24, 2.45) is 55.9 Å². The Bertz CT molecular complexity index is 2330. The van der Waals surface area contributed by atoms with Gasteiger partial charge in [-0.15, -0.1) is 5.10 Å². The Morgan fingerprint density at radius 3 is 1.57 bits per heavy atom. The monoisotopic (exact) mass is 944 g/mol. The van der Waals surface area contributed by atoms with E-state index in [4.69, 9.17) is 45.9 Å². The van der Waals surface area contributed by atoms with Crippen LogP contribution in [0.2, 0.25) is 0 Å². The molecule has 26 nitrogen and oxygen atoms in total. The van der Waals surface area contributed by atoms with Crippen molar-refractivity contribution in [1.82, 2.24) is 41.6 Å². The quantitative estimate of drug-likeness (QED) is 0.0535. The predicted octanol–water partition coefficient (Wildman–Crippen LogP) is -4.54. The van der Waals surface area contributed by atoms with Gasteiger partial charge in [0.25, 0.3) is 0 Å². The summed E-state index contributed by atoms with van der Waals surface area (Å²) in [6.45, 7) is 0.322. The highest BCUT2D eigenvalue weighted by molar-refractivity contribution is 5.97. The van der Waals surface area contributed by atoms with Gasteiger partial charge in [-0.25, -0.2) is 9.98 Å². The molecule has 0 saturated heterocycles. The lowest BCUT2D eigenvalue weighted by Crippen LogP contribution is -2.60. The summed E-state index contributed by atoms with van der Waals surface area (Å²) in [5, 5.41) is 21.2. The first kappa shape index (κ1) is 52.5. The van der Waals surface area contributed by atoms with Crippen molar-refractivity contribution in [2.45, 2.75) is 113 Å². The zero-order valence-corrected chi connectivity index (χ0v) is 37.3. The van der Waals surface area contributed by atoms with E-state index in [1.54, 1.807) is 54.7 Å². The van der Waals surface area contributed by atoms with Crippen LogP contribution in [0, 0.1) is 0 Å². The van der Waals surface area contributed by atoms with Crippen molar-refractivity contribution < 1.29 is 38.4 Å². The Labute approximate surface area is 390 Å². The molecule has 68 heavy (non-hydrogen) atoms. The highest BCUT2D eigenvalue weighted by Crippen LogP contribution is 2.17. The maximum Gasteiger partial charge on any atom is 0.243 e. The van der Waals surface area contributed by atoms with E-state index < -0.39 is 89.9 Å². The standard InChI is InChI=1S/C42H60N18O8/c43-27-20-26-21-60(59-58-26)18-2-1-3-28(35(46)63)53-40(68)32(19-23-6-11-25(12-7-23)52-42(49)50)57-39(67)29(13-8-22-4-9-24(10-5-22)51-41(47)48)55-38(66)31(15-17-34(45)62)56-37(65)30(54-36(27)64)14-16-33(44)61/h4-7,9-12,21,27-32H,1-3,8,13-20,43H2,(H2,44,61)(H2,45,62)(H2,46,63)(H,53,68)(H,54,64)(H,55,66)(H,56,65)(H,57,67)(H4,47,48,51)(H4,49,50,52)/t27-,28?,29+,30?,31+,32+/m0/s1. The minimum Gasteiger partial charge on any atom is -0.370 e. The van der Waals surface area contributed by atoms with Gasteiger partial charge in [-0.2, -0.15) is 0 Å². The first-order valence-corrected chi connectivity index (χ1v) is 21.7. The Morgan fingerprint density at radius 2 is 1.07 bits per heavy atom. The number of benzene rings is 2. The Morgan fingerprint density at radius 1 is 0.603 bits per heavy atom. The van der Waals surface area contributed by atoms with Crippen LogP contribution >= 0.6 is 0 Å². The molecule has 2 unspecified atom stereocenters. The smallest absolute Gasteiger partial charge is 0.243 e. The summed E-state index contributed by atoms with van der Waals surface area (Å²) in [6, 6.07) is 4.83. The van der Waals surface area contributed by atoms with Gasteiger partial charge in [-0.05, 0) is 80.3 Å². The molecule has 2 aromatic carbocycles. The van der Waals surface area contributed by atoms with Crippen molar-refractivity contribution >= 4 is 70.6 Å². The Hall–Kier alpha value is -8.16. The number of hydrogen-bond donors (Lipinski definition) is 13. The summed E-state index contributed by atoms with van der Waals surface area (Å²) < 4.78 is 1.50. The highest BCUT2D eigenvalue weighted by Gasteiger charge is 2.33. The van der Waals surface area contributed by atoms with Gasteiger partial charge in [0.2, 0.25) is 47.3 Å². The molecule has 0 aliphatic carbocycles. The maximum absolute atomic E-state index is 14.5. The number of nitrogens with one attached hydrogen (secondary N) is 5. The van der Waals surface area contributed by atoms with Crippen LogP contribution in [-0.2, 0) is 64.2 Å². The second-order valence-electron chi connectivity index (χ2n) is 16.1. The number of amides is 8. The molecule has 0 fully saturated rings. The molecular formula is C42H60N18O8. The van der Waals surface area contributed by atoms with Gasteiger partial charge >= 0.3 is 0 Å². The van der Waals surface area contributed by atoms with Crippen LogP contribution in [0.15, 0.2) is 64.7 Å². The molecule has 8 amide bonds. The number of aromatic nitrogens is 3. The number of carbonyl (C=O) groups excluding carboxylic acids is 8. The topological polar surface area (TPSA) is 460 Å². The van der Waals surface area contributed by atoms with Gasteiger partial charge in [0.15, 0.2) is 11.9 Å². The van der Waals surface area contributed by atoms with E-state index in [0.29, 0.717) is 47.6 Å². The van der Waals surface area contributed by atoms with Crippen LogP contribution in [0.5, 0.6) is 0 Å². The summed E-state index contributed by atoms with van der Waals surface area (Å²) in [4.78, 5) is 115. The number of nitrogens with two attached hydrogens (primary N) is 8. The van der Waals surface area contributed by atoms with Gasteiger partial charge < -0.3 is 72.5 Å². The zero-order valence-electron chi connectivity index (χ0n) is 37.3. The van der Waals surface area contributed by atoms with Gasteiger partial charge in [0.05, 0.1) is 23.1 Å². The molecule has 3 aromatic rings. The van der Waals surface area contributed by atoms with Gasteiger partial charge in [-0.3, -0.25) is 43.0 Å². The fraction of sp³-hybridized carbons (Fsp3) is 0.429. The van der Waals surface area contributed by atoms with Crippen LogP contribution in [0.1, 0.15) is 68.2 Å². The van der Waals surface area contributed by atoms with Gasteiger partial charge in [0, 0.05) is 38.4 Å². The van der Waals surface area contributed by atoms with Crippen molar-refractivity contribution in [3.05, 3.63) is 71.5 Å². The first-order valence-electron chi connectivity index (χ1n) is 21.7. The fourth-order valence-electron chi connectivity index (χ4n) is 7.01. The number of aryl methyl sites for hydroxylation is 2. The minimum absolute atomic E-state index is 0.0949. The number of nitrogens with zero attached hydrogens (tertiary/aromatic N) is 5. The molecule has 366 valence electrons. The third kappa shape index (κ3) is 17.7. The van der Waals surface area contributed by atoms with Crippen LogP contribution in [-0.4, -0.2) is 110 Å². The van der Waals surface area contributed by atoms with E-state index in [-0.39, 0.29) is 63.3 Å². The van der Waals surface area contributed by atoms with Crippen LogP contribution in [0.3, 0.4) is 0 Å². The van der Waals surface area contributed by atoms with Gasteiger partial charge in [0.1, 0.15) is 30.2 Å². The average molecular weight is 945 g/mol. The van der Waals surface area contributed by atoms with Crippen LogP contribution in [0.4, 0.5) is 11.4 Å². The molecular weight excluding hydrogens is 885 g/mol. The van der Waals surface area contributed by atoms with Crippen molar-refractivity contribution in [2.75, 3.05) is 0 Å². The third-order valence-corrected chi connectivity index (χ3v) is 10.6. The van der Waals surface area contributed by atoms with E-state index in [2.05, 4.69) is 46.9 Å². The van der Waals surface area contributed by atoms with Crippen LogP contribution in [0.25, 0.3) is 0 Å². The summed E-state index contributed by atoms with van der Waals surface area (Å²) >= 11 is 0. The zero-order chi connectivity index (χ0) is 49.9. The predicted molar refractivity (Wildman–Crippen MR) is 247 cm³/mol. The summed E-state index contributed by atoms with van der Waals surface area (Å²) in [7, 11) is 0. The molecule has 0 saturated carbocycles. The highest BCUT2D eigenvalue weighted by atomic mass is 16.2. The number of carbonyl (C=O) groups is 8. The van der Waals surface area contributed by atoms with E-state index in [0.717, 1.165) is 0 Å². The number of hydrogen-bond acceptors (Lipinski definition) is 13. The molecule has 0 spiro atoms. The Kier molecular flexibility index (Phi) is 19.7. The maximum atomic E-state index is 14.5. The minimum atomic E-state index is -1.55. The summed E-state index contributed by atoms with van der Waals surface area (Å²) in [5.74, 6) is -7.16. The SMILES string of the molecule is NC(=O)CCC1NC(=O)[C@@H](N)Cc2cn(nn2)CCCCC(C(N)=O)NC(=O)[C@@H](Cc2ccc(N=C(N)N)cc2)NC(=O)[C@@H](CCc2ccc(N=C(N)N)cc2)NC(=O)[C@@H](CCC(N)=O)NC1=O. The van der Waals surface area contributed by atoms with E-state index in [1.165, 1.54) is 4.68 Å². The number of primary amides is 3. The van der Waals surface area contributed by atoms with Gasteiger partial charge in [-0.1, -0.05) is 29.5 Å². The lowest BCUT2D eigenvalue weighted by molar-refractivity contribution is -0.135. The number of rotatable bonds is 14. The molecule has 1 aliphatic heterocycles. The lowest BCUT2D eigenvalue weighted by atomic mass is 10.0. The second-order valence-corrected chi connectivity index (χ2v) is 16.1. The molecule has 2 heterocycles. The molecule has 4 rings (SSSR count). The molecule has 6 atom stereocenters. The first-order chi connectivity index (χ1) is 32.3. The second kappa shape index (κ2) is 25.5. The van der Waals surface area contributed by atoms with Crippen molar-refractivity contribution in [3.8, 4) is 0 Å². The molecule has 26 heteroatoms. The van der Waals surface area contributed by atoms with Crippen molar-refractivity contribution in [3.63, 3.8) is 0 Å².